The molecule has 0 unspecified atom stereocenters. The second-order valence-electron chi connectivity index (χ2n) is 6.46. The van der Waals surface area contributed by atoms with Crippen molar-refractivity contribution in [1.29, 1.82) is 0 Å². The first-order chi connectivity index (χ1) is 8.91. The van der Waals surface area contributed by atoms with Crippen molar-refractivity contribution in [2.45, 2.75) is 57.5 Å². The van der Waals surface area contributed by atoms with Crippen molar-refractivity contribution in [2.75, 3.05) is 13.6 Å². The predicted molar refractivity (Wildman–Crippen MR) is 72.6 cm³/mol. The van der Waals surface area contributed by atoms with E-state index in [1.54, 1.807) is 11.9 Å². The van der Waals surface area contributed by atoms with Gasteiger partial charge < -0.3 is 10.0 Å². The van der Waals surface area contributed by atoms with E-state index in [2.05, 4.69) is 0 Å². The zero-order chi connectivity index (χ0) is 14.0. The molecular weight excluding hydrogens is 242 g/mol. The lowest BCUT2D eigenvalue weighted by atomic mass is 9.80. The van der Waals surface area contributed by atoms with Crippen LogP contribution in [0.1, 0.15) is 51.9 Å². The van der Waals surface area contributed by atoms with E-state index in [4.69, 9.17) is 0 Å². The number of amides is 1. The highest BCUT2D eigenvalue weighted by molar-refractivity contribution is 5.85. The van der Waals surface area contributed by atoms with Crippen molar-refractivity contribution >= 4 is 11.7 Å². The van der Waals surface area contributed by atoms with E-state index in [-0.39, 0.29) is 23.5 Å². The van der Waals surface area contributed by atoms with Gasteiger partial charge in [0.2, 0.25) is 5.91 Å². The van der Waals surface area contributed by atoms with Crippen molar-refractivity contribution in [3.05, 3.63) is 0 Å². The number of rotatable bonds is 3. The molecule has 4 heteroatoms. The Bertz CT molecular complexity index is 360. The highest BCUT2D eigenvalue weighted by atomic mass is 16.3. The Hall–Kier alpha value is -0.900. The van der Waals surface area contributed by atoms with E-state index in [1.807, 2.05) is 6.92 Å². The first-order valence-corrected chi connectivity index (χ1v) is 7.41. The maximum Gasteiger partial charge on any atom is 0.225 e. The summed E-state index contributed by atoms with van der Waals surface area (Å²) in [6.07, 6.45) is 5.55. The van der Waals surface area contributed by atoms with Crippen molar-refractivity contribution < 1.29 is 14.7 Å². The average molecular weight is 267 g/mol. The Morgan fingerprint density at radius 1 is 1.42 bits per heavy atom. The van der Waals surface area contributed by atoms with E-state index < -0.39 is 5.60 Å². The molecule has 0 bridgehead atoms. The van der Waals surface area contributed by atoms with Crippen LogP contribution in [0.15, 0.2) is 0 Å². The molecule has 2 aliphatic carbocycles. The fourth-order valence-corrected chi connectivity index (χ4v) is 3.49. The largest absolute Gasteiger partial charge is 0.388 e. The highest BCUT2D eigenvalue weighted by Crippen LogP contribution is 2.32. The number of hydrogen-bond acceptors (Lipinski definition) is 3. The van der Waals surface area contributed by atoms with Gasteiger partial charge in [0.15, 0.2) is 0 Å². The number of ketones is 1. The third kappa shape index (κ3) is 3.35. The number of likely N-dealkylation sites (N-methyl/N-ethyl adjacent to an activating group) is 1. The number of hydrogen-bond donors (Lipinski definition) is 1. The van der Waals surface area contributed by atoms with Gasteiger partial charge in [0.05, 0.1) is 5.60 Å². The molecule has 0 radical (unpaired) electrons. The molecule has 0 saturated heterocycles. The van der Waals surface area contributed by atoms with Crippen LogP contribution in [0.2, 0.25) is 0 Å². The first kappa shape index (κ1) is 14.5. The van der Waals surface area contributed by atoms with Crippen molar-refractivity contribution in [3.63, 3.8) is 0 Å². The Kier molecular flexibility index (Phi) is 4.29. The molecule has 1 amide bonds. The molecule has 0 aromatic rings. The zero-order valence-corrected chi connectivity index (χ0v) is 12.0. The van der Waals surface area contributed by atoms with Gasteiger partial charge >= 0.3 is 0 Å². The van der Waals surface area contributed by atoms with Crippen LogP contribution >= 0.6 is 0 Å². The van der Waals surface area contributed by atoms with E-state index in [1.165, 1.54) is 0 Å². The third-order valence-electron chi connectivity index (χ3n) is 4.72. The molecule has 4 nitrogen and oxygen atoms in total. The summed E-state index contributed by atoms with van der Waals surface area (Å²) in [5.41, 5.74) is -0.680. The monoisotopic (exact) mass is 267 g/mol. The minimum Gasteiger partial charge on any atom is -0.388 e. The summed E-state index contributed by atoms with van der Waals surface area (Å²) in [4.78, 5) is 25.6. The first-order valence-electron chi connectivity index (χ1n) is 7.41. The Balaban J connectivity index is 1.90. The second kappa shape index (κ2) is 5.61. The topological polar surface area (TPSA) is 57.6 Å². The Morgan fingerprint density at radius 2 is 2.05 bits per heavy atom. The SMILES string of the molecule is C[C@H]1C[C@@H](C(=O)N(C)CC2(O)CCCC2)CCC1=O. The predicted octanol–water partition coefficient (Wildman–Crippen LogP) is 1.76. The molecule has 2 saturated carbocycles. The smallest absolute Gasteiger partial charge is 0.225 e. The molecule has 2 fully saturated rings. The third-order valence-corrected chi connectivity index (χ3v) is 4.72. The lowest BCUT2D eigenvalue weighted by molar-refractivity contribution is -0.140. The van der Waals surface area contributed by atoms with E-state index >= 15 is 0 Å². The molecule has 108 valence electrons. The summed E-state index contributed by atoms with van der Waals surface area (Å²) in [6.45, 7) is 2.34. The maximum absolute atomic E-state index is 12.4. The van der Waals surface area contributed by atoms with Crippen molar-refractivity contribution in [3.8, 4) is 0 Å². The Morgan fingerprint density at radius 3 is 2.63 bits per heavy atom. The van der Waals surface area contributed by atoms with E-state index in [0.717, 1.165) is 25.7 Å². The fraction of sp³-hybridized carbons (Fsp3) is 0.867. The molecule has 19 heavy (non-hydrogen) atoms. The molecule has 0 aliphatic heterocycles. The molecule has 0 heterocycles. The molecular formula is C15H25NO3. The molecule has 1 N–H and O–H groups in total. The van der Waals surface area contributed by atoms with Crippen LogP contribution in [0, 0.1) is 11.8 Å². The van der Waals surface area contributed by atoms with Crippen LogP contribution in [-0.4, -0.2) is 40.9 Å². The van der Waals surface area contributed by atoms with E-state index in [0.29, 0.717) is 25.8 Å². The van der Waals surface area contributed by atoms with Crippen LogP contribution in [0.4, 0.5) is 0 Å². The average Bonchev–Trinajstić information content (AvgIpc) is 2.78. The second-order valence-corrected chi connectivity index (χ2v) is 6.46. The lowest BCUT2D eigenvalue weighted by Gasteiger charge is -2.33. The fourth-order valence-electron chi connectivity index (χ4n) is 3.49. The number of aliphatic hydroxyl groups is 1. The van der Waals surface area contributed by atoms with E-state index in [9.17, 15) is 14.7 Å². The van der Waals surface area contributed by atoms with Crippen LogP contribution in [0.25, 0.3) is 0 Å². The summed E-state index contributed by atoms with van der Waals surface area (Å²) in [7, 11) is 1.78. The molecule has 0 aromatic carbocycles. The molecule has 0 aromatic heterocycles. The van der Waals surface area contributed by atoms with Gasteiger partial charge in [-0.05, 0) is 25.7 Å². The van der Waals surface area contributed by atoms with Crippen molar-refractivity contribution in [1.82, 2.24) is 4.90 Å². The van der Waals surface area contributed by atoms with Gasteiger partial charge in [0, 0.05) is 31.8 Å². The zero-order valence-electron chi connectivity index (χ0n) is 12.0. The Labute approximate surface area is 115 Å². The summed E-state index contributed by atoms with van der Waals surface area (Å²) in [6, 6.07) is 0. The van der Waals surface area contributed by atoms with Gasteiger partial charge in [-0.3, -0.25) is 9.59 Å². The summed E-state index contributed by atoms with van der Waals surface area (Å²) in [5, 5.41) is 10.4. The summed E-state index contributed by atoms with van der Waals surface area (Å²) < 4.78 is 0. The lowest BCUT2D eigenvalue weighted by Crippen LogP contribution is -2.45. The standard InChI is InChI=1S/C15H25NO3/c1-11-9-12(5-6-13(11)17)14(18)16(2)10-15(19)7-3-4-8-15/h11-12,19H,3-10H2,1-2H3/t11-,12-/m0/s1. The molecule has 0 spiro atoms. The molecule has 2 rings (SSSR count). The van der Waals surface area contributed by atoms with Crippen molar-refractivity contribution in [2.24, 2.45) is 11.8 Å². The number of carbonyl (C=O) groups is 2. The van der Waals surface area contributed by atoms with Gasteiger partial charge in [-0.2, -0.15) is 0 Å². The molecule has 2 aliphatic rings. The number of carbonyl (C=O) groups excluding carboxylic acids is 2. The van der Waals surface area contributed by atoms with Crippen LogP contribution in [0.5, 0.6) is 0 Å². The number of Topliss-reactive ketones (excluding diaryl/α,β-unsaturated/α-hetero) is 1. The molecule has 2 atom stereocenters. The maximum atomic E-state index is 12.4. The minimum atomic E-state index is -0.680. The highest BCUT2D eigenvalue weighted by Gasteiger charge is 2.36. The minimum absolute atomic E-state index is 0.00525. The van der Waals surface area contributed by atoms with Crippen LogP contribution < -0.4 is 0 Å². The number of nitrogens with zero attached hydrogens (tertiary/aromatic N) is 1. The summed E-state index contributed by atoms with van der Waals surface area (Å²) >= 11 is 0. The van der Waals surface area contributed by atoms with Gasteiger partial charge in [-0.1, -0.05) is 19.8 Å². The van der Waals surface area contributed by atoms with Gasteiger partial charge in [0.25, 0.3) is 0 Å². The normalized spacial score (nSPS) is 30.4. The van der Waals surface area contributed by atoms with Gasteiger partial charge in [0.1, 0.15) is 5.78 Å². The van der Waals surface area contributed by atoms with Gasteiger partial charge in [-0.25, -0.2) is 0 Å². The van der Waals surface area contributed by atoms with Crippen LogP contribution in [-0.2, 0) is 9.59 Å². The van der Waals surface area contributed by atoms with Crippen LogP contribution in [0.3, 0.4) is 0 Å². The summed E-state index contributed by atoms with van der Waals surface area (Å²) in [5.74, 6) is 0.342. The van der Waals surface area contributed by atoms with Gasteiger partial charge in [-0.15, -0.1) is 0 Å². The quantitative estimate of drug-likeness (QED) is 0.847.